The smallest absolute Gasteiger partial charge is 0.123 e. The van der Waals surface area contributed by atoms with Crippen LogP contribution in [-0.4, -0.2) is 12.1 Å². The van der Waals surface area contributed by atoms with Crippen LogP contribution in [0.5, 0.6) is 0 Å². The van der Waals surface area contributed by atoms with E-state index in [0.717, 1.165) is 6.04 Å². The lowest BCUT2D eigenvalue weighted by Crippen LogP contribution is -2.86. The number of hydroxylamine groups is 1. The van der Waals surface area contributed by atoms with Crippen LogP contribution in [-0.2, 0) is 4.84 Å². The van der Waals surface area contributed by atoms with E-state index in [4.69, 9.17) is 4.84 Å². The minimum Gasteiger partial charge on any atom is -0.203 e. The lowest BCUT2D eigenvalue weighted by molar-refractivity contribution is -0.908. The van der Waals surface area contributed by atoms with Gasteiger partial charge in [-0.25, -0.2) is 4.84 Å². The van der Waals surface area contributed by atoms with E-state index in [2.05, 4.69) is 0 Å². The van der Waals surface area contributed by atoms with Gasteiger partial charge in [0.25, 0.3) is 0 Å². The van der Waals surface area contributed by atoms with E-state index in [1.54, 1.807) is 0 Å². The highest BCUT2D eigenvalue weighted by Gasteiger charge is 2.36. The van der Waals surface area contributed by atoms with Crippen molar-refractivity contribution in [1.82, 2.24) is 0 Å². The fraction of sp³-hybridized carbons (Fsp3) is 1.00. The molecule has 7 heavy (non-hydrogen) atoms. The zero-order chi connectivity index (χ0) is 4.69. The third-order valence-corrected chi connectivity index (χ3v) is 1.89. The van der Waals surface area contributed by atoms with Crippen LogP contribution >= 0.6 is 0 Å². The van der Waals surface area contributed by atoms with Gasteiger partial charge in [0.05, 0.1) is 0 Å². The molecule has 2 unspecified atom stereocenters. The molecule has 0 aromatic rings. The largest absolute Gasteiger partial charge is 0.203 e. The third-order valence-electron chi connectivity index (χ3n) is 1.89. The fourth-order valence-corrected chi connectivity index (χ4v) is 1.44. The lowest BCUT2D eigenvalue weighted by atomic mass is 10.3. The van der Waals surface area contributed by atoms with Gasteiger partial charge < -0.3 is 0 Å². The Hall–Kier alpha value is -0.0800. The Morgan fingerprint density at radius 2 is 2.43 bits per heavy atom. The molecule has 1 aliphatic carbocycles. The molecule has 2 nitrogen and oxygen atoms in total. The predicted octanol–water partition coefficient (Wildman–Crippen LogP) is -0.584. The molecule has 40 valence electrons. The molecule has 2 fully saturated rings. The van der Waals surface area contributed by atoms with E-state index in [0.29, 0.717) is 6.10 Å². The van der Waals surface area contributed by atoms with E-state index in [-0.39, 0.29) is 0 Å². The number of hydrogen-bond acceptors (Lipinski definition) is 1. The molecule has 2 atom stereocenters. The monoisotopic (exact) mass is 100 g/mol. The molecular weight excluding hydrogens is 90.1 g/mol. The summed E-state index contributed by atoms with van der Waals surface area (Å²) in [5.41, 5.74) is 2.01. The lowest BCUT2D eigenvalue weighted by Gasteiger charge is -2.04. The average molecular weight is 100 g/mol. The molecule has 2 bridgehead atoms. The molecule has 2 heteroatoms. The summed E-state index contributed by atoms with van der Waals surface area (Å²) in [6.07, 6.45) is 4.61. The quantitative estimate of drug-likeness (QED) is 0.433. The zero-order valence-electron chi connectivity index (χ0n) is 4.26. The summed E-state index contributed by atoms with van der Waals surface area (Å²) in [6.45, 7) is 0. The van der Waals surface area contributed by atoms with Crippen LogP contribution in [0.2, 0.25) is 0 Å². The Bertz CT molecular complexity index is 66.1. The highest BCUT2D eigenvalue weighted by atomic mass is 16.7. The van der Waals surface area contributed by atoms with E-state index in [9.17, 15) is 0 Å². The predicted molar refractivity (Wildman–Crippen MR) is 24.4 cm³/mol. The molecule has 1 aliphatic heterocycles. The first-order chi connectivity index (χ1) is 3.45. The second-order valence-electron chi connectivity index (χ2n) is 2.47. The Morgan fingerprint density at radius 1 is 1.43 bits per heavy atom. The molecule has 0 radical (unpaired) electrons. The Morgan fingerprint density at radius 3 is 2.57 bits per heavy atom. The van der Waals surface area contributed by atoms with Gasteiger partial charge in [-0.2, -0.15) is 5.48 Å². The maximum Gasteiger partial charge on any atom is 0.123 e. The molecule has 0 spiro atoms. The van der Waals surface area contributed by atoms with E-state index in [1.165, 1.54) is 19.3 Å². The number of quaternary nitrogens is 1. The van der Waals surface area contributed by atoms with Crippen LogP contribution in [0.25, 0.3) is 0 Å². The highest BCUT2D eigenvalue weighted by molar-refractivity contribution is 4.75. The molecule has 1 saturated heterocycles. The maximum absolute atomic E-state index is 5.23. The third kappa shape index (κ3) is 0.469. The van der Waals surface area contributed by atoms with Crippen molar-refractivity contribution in [3.05, 3.63) is 0 Å². The van der Waals surface area contributed by atoms with Gasteiger partial charge in [-0.05, 0) is 6.42 Å². The summed E-state index contributed by atoms with van der Waals surface area (Å²) in [7, 11) is 0. The summed E-state index contributed by atoms with van der Waals surface area (Å²) in [6, 6.07) is 0.824. The van der Waals surface area contributed by atoms with Crippen molar-refractivity contribution >= 4 is 0 Å². The van der Waals surface area contributed by atoms with Crippen molar-refractivity contribution in [1.29, 1.82) is 0 Å². The molecular formula is C5H10NO+. The van der Waals surface area contributed by atoms with Crippen LogP contribution < -0.4 is 5.48 Å². The first-order valence-electron chi connectivity index (χ1n) is 2.94. The molecule has 2 aliphatic rings. The summed E-state index contributed by atoms with van der Waals surface area (Å²) >= 11 is 0. The normalized spacial score (nSPS) is 48.0. The van der Waals surface area contributed by atoms with Gasteiger partial charge in [-0.1, -0.05) is 0 Å². The second-order valence-corrected chi connectivity index (χ2v) is 2.47. The van der Waals surface area contributed by atoms with E-state index in [1.807, 2.05) is 5.48 Å². The SMILES string of the molecule is C1CC2CC1[NH2+]O2. The number of hydrogen-bond donors (Lipinski definition) is 1. The molecule has 2 N–H and O–H groups in total. The van der Waals surface area contributed by atoms with Crippen LogP contribution in [0.15, 0.2) is 0 Å². The number of rotatable bonds is 0. The van der Waals surface area contributed by atoms with Gasteiger partial charge in [0.15, 0.2) is 0 Å². The zero-order valence-corrected chi connectivity index (χ0v) is 4.26. The van der Waals surface area contributed by atoms with Crippen molar-refractivity contribution in [3.63, 3.8) is 0 Å². The Labute approximate surface area is 42.8 Å². The van der Waals surface area contributed by atoms with Crippen molar-refractivity contribution in [2.45, 2.75) is 31.4 Å². The molecule has 1 heterocycles. The van der Waals surface area contributed by atoms with Gasteiger partial charge in [0.2, 0.25) is 0 Å². The van der Waals surface area contributed by atoms with E-state index < -0.39 is 0 Å². The highest BCUT2D eigenvalue weighted by Crippen LogP contribution is 2.21. The summed E-state index contributed by atoms with van der Waals surface area (Å²) in [5.74, 6) is 0. The van der Waals surface area contributed by atoms with Crippen LogP contribution in [0.1, 0.15) is 19.3 Å². The topological polar surface area (TPSA) is 25.8 Å². The van der Waals surface area contributed by atoms with E-state index >= 15 is 0 Å². The van der Waals surface area contributed by atoms with Crippen molar-refractivity contribution in [2.75, 3.05) is 0 Å². The Balaban J connectivity index is 2.12. The molecule has 1 saturated carbocycles. The van der Waals surface area contributed by atoms with Gasteiger partial charge >= 0.3 is 0 Å². The average Bonchev–Trinajstić information content (AvgIpc) is 2.22. The van der Waals surface area contributed by atoms with Gasteiger partial charge in [0.1, 0.15) is 12.1 Å². The summed E-state index contributed by atoms with van der Waals surface area (Å²) in [4.78, 5) is 5.23. The van der Waals surface area contributed by atoms with Crippen molar-refractivity contribution < 1.29 is 10.3 Å². The summed E-state index contributed by atoms with van der Waals surface area (Å²) < 4.78 is 0. The first-order valence-corrected chi connectivity index (χ1v) is 2.94. The molecule has 2 rings (SSSR count). The minimum atomic E-state index is 0.616. The maximum atomic E-state index is 5.23. The first kappa shape index (κ1) is 3.87. The van der Waals surface area contributed by atoms with Gasteiger partial charge in [-0.15, -0.1) is 0 Å². The second kappa shape index (κ2) is 1.20. The minimum absolute atomic E-state index is 0.616. The molecule has 0 aromatic heterocycles. The van der Waals surface area contributed by atoms with Crippen molar-refractivity contribution in [3.8, 4) is 0 Å². The molecule has 0 aromatic carbocycles. The summed E-state index contributed by atoms with van der Waals surface area (Å²) in [5, 5.41) is 0. The van der Waals surface area contributed by atoms with Crippen molar-refractivity contribution in [2.24, 2.45) is 0 Å². The van der Waals surface area contributed by atoms with Crippen LogP contribution in [0, 0.1) is 0 Å². The fourth-order valence-electron chi connectivity index (χ4n) is 1.44. The van der Waals surface area contributed by atoms with Crippen LogP contribution in [0.4, 0.5) is 0 Å². The standard InChI is InChI=1S/C5H9NO/c1-2-5-3-4(1)6-7-5/h4-6H,1-3H2/p+1. The number of fused-ring (bicyclic) bond motifs is 2. The molecule has 0 amide bonds. The number of nitrogens with two attached hydrogens (primary N) is 1. The van der Waals surface area contributed by atoms with Crippen LogP contribution in [0.3, 0.4) is 0 Å². The van der Waals surface area contributed by atoms with Gasteiger partial charge in [-0.3, -0.25) is 0 Å². The Kier molecular flexibility index (Phi) is 0.664. The van der Waals surface area contributed by atoms with Gasteiger partial charge in [0, 0.05) is 12.8 Å².